The Morgan fingerprint density at radius 2 is 1.60 bits per heavy atom. The van der Waals surface area contributed by atoms with Gasteiger partial charge in [0.2, 0.25) is 0 Å². The highest BCUT2D eigenvalue weighted by atomic mass is 16.3. The molecule has 1 aromatic heterocycles. The van der Waals surface area contributed by atoms with Crippen molar-refractivity contribution in [3.05, 3.63) is 11.4 Å². The van der Waals surface area contributed by atoms with Crippen molar-refractivity contribution in [2.24, 2.45) is 5.92 Å². The molecule has 0 saturated heterocycles. The number of hydrogen-bond acceptors (Lipinski definition) is 5. The van der Waals surface area contributed by atoms with Crippen LogP contribution < -0.4 is 10.6 Å². The number of aromatic nitrogens is 2. The van der Waals surface area contributed by atoms with Gasteiger partial charge in [0.1, 0.15) is 17.5 Å². The molecule has 0 aliphatic rings. The molecule has 1 aromatic rings. The predicted molar refractivity (Wildman–Crippen MR) is 84.4 cm³/mol. The third kappa shape index (κ3) is 4.34. The first-order chi connectivity index (χ1) is 9.36. The van der Waals surface area contributed by atoms with Crippen LogP contribution in [-0.2, 0) is 0 Å². The first kappa shape index (κ1) is 16.7. The molecule has 0 bridgehead atoms. The zero-order valence-electron chi connectivity index (χ0n) is 13.5. The van der Waals surface area contributed by atoms with Crippen LogP contribution in [0.15, 0.2) is 0 Å². The van der Waals surface area contributed by atoms with Crippen molar-refractivity contribution >= 4 is 11.6 Å². The Bertz CT molecular complexity index is 432. The minimum atomic E-state index is -0.380. The minimum Gasteiger partial charge on any atom is -0.391 e. The zero-order chi connectivity index (χ0) is 15.3. The molecular weight excluding hydrogens is 252 g/mol. The van der Waals surface area contributed by atoms with Crippen molar-refractivity contribution < 1.29 is 5.11 Å². The fourth-order valence-electron chi connectivity index (χ4n) is 1.74. The Hall–Kier alpha value is -1.36. The van der Waals surface area contributed by atoms with Crippen LogP contribution in [0.25, 0.3) is 0 Å². The summed E-state index contributed by atoms with van der Waals surface area (Å²) in [6.45, 7) is 13.5. The lowest BCUT2D eigenvalue weighted by Crippen LogP contribution is -2.26. The van der Waals surface area contributed by atoms with E-state index in [0.29, 0.717) is 6.54 Å². The second-order valence-electron chi connectivity index (χ2n) is 5.78. The highest BCUT2D eigenvalue weighted by molar-refractivity contribution is 5.57. The molecule has 1 atom stereocenters. The molecule has 0 saturated carbocycles. The average Bonchev–Trinajstić information content (AvgIpc) is 2.39. The Morgan fingerprint density at radius 1 is 1.05 bits per heavy atom. The van der Waals surface area contributed by atoms with Gasteiger partial charge in [-0.05, 0) is 19.8 Å². The Morgan fingerprint density at radius 3 is 2.05 bits per heavy atom. The van der Waals surface area contributed by atoms with Crippen molar-refractivity contribution in [3.63, 3.8) is 0 Å². The number of hydrogen-bond donors (Lipinski definition) is 3. The summed E-state index contributed by atoms with van der Waals surface area (Å²) in [4.78, 5) is 9.13. The van der Waals surface area contributed by atoms with Gasteiger partial charge >= 0.3 is 0 Å². The van der Waals surface area contributed by atoms with Crippen LogP contribution >= 0.6 is 0 Å². The van der Waals surface area contributed by atoms with E-state index in [1.807, 2.05) is 27.7 Å². The SMILES string of the molecule is CCNc1nc(C(C)C)nc(NCC(O)C(C)C)c1C. The van der Waals surface area contributed by atoms with E-state index in [0.717, 1.165) is 29.6 Å². The van der Waals surface area contributed by atoms with E-state index in [2.05, 4.69) is 34.4 Å². The molecule has 0 aliphatic carbocycles. The van der Waals surface area contributed by atoms with Crippen LogP contribution in [0.3, 0.4) is 0 Å². The lowest BCUT2D eigenvalue weighted by atomic mass is 10.1. The van der Waals surface area contributed by atoms with E-state index in [1.165, 1.54) is 0 Å². The molecular formula is C15H28N4O. The molecule has 0 aliphatic heterocycles. The lowest BCUT2D eigenvalue weighted by molar-refractivity contribution is 0.138. The normalized spacial score (nSPS) is 12.8. The van der Waals surface area contributed by atoms with Gasteiger partial charge < -0.3 is 15.7 Å². The summed E-state index contributed by atoms with van der Waals surface area (Å²) in [5, 5.41) is 16.4. The molecule has 0 spiro atoms. The van der Waals surface area contributed by atoms with Gasteiger partial charge in [0.05, 0.1) is 6.10 Å². The van der Waals surface area contributed by atoms with E-state index in [-0.39, 0.29) is 17.9 Å². The van der Waals surface area contributed by atoms with E-state index in [1.54, 1.807) is 0 Å². The maximum Gasteiger partial charge on any atom is 0.135 e. The van der Waals surface area contributed by atoms with Crippen LogP contribution in [0.4, 0.5) is 11.6 Å². The topological polar surface area (TPSA) is 70.1 Å². The Balaban J connectivity index is 2.98. The summed E-state index contributed by atoms with van der Waals surface area (Å²) in [5.74, 6) is 2.98. The molecule has 0 fully saturated rings. The molecule has 5 nitrogen and oxygen atoms in total. The van der Waals surface area contributed by atoms with Crippen LogP contribution in [0.5, 0.6) is 0 Å². The molecule has 1 rings (SSSR count). The first-order valence-corrected chi connectivity index (χ1v) is 7.41. The van der Waals surface area contributed by atoms with Crippen molar-refractivity contribution in [1.29, 1.82) is 0 Å². The third-order valence-electron chi connectivity index (χ3n) is 3.27. The zero-order valence-corrected chi connectivity index (χ0v) is 13.5. The second-order valence-corrected chi connectivity index (χ2v) is 5.78. The fourth-order valence-corrected chi connectivity index (χ4v) is 1.74. The molecule has 0 aromatic carbocycles. The van der Waals surface area contributed by atoms with Crippen LogP contribution in [0.2, 0.25) is 0 Å². The first-order valence-electron chi connectivity index (χ1n) is 7.41. The van der Waals surface area contributed by atoms with Gasteiger partial charge in [0, 0.05) is 24.6 Å². The highest BCUT2D eigenvalue weighted by Gasteiger charge is 2.14. The molecule has 1 heterocycles. The Labute approximate surface area is 122 Å². The van der Waals surface area contributed by atoms with Gasteiger partial charge in [-0.25, -0.2) is 9.97 Å². The highest BCUT2D eigenvalue weighted by Crippen LogP contribution is 2.23. The standard InChI is InChI=1S/C15H28N4O/c1-7-16-14-11(6)15(17-8-12(20)9(2)3)19-13(18-14)10(4)5/h9-10,12,20H,7-8H2,1-6H3,(H2,16,17,18,19). The van der Waals surface area contributed by atoms with E-state index in [9.17, 15) is 5.11 Å². The maximum absolute atomic E-state index is 9.91. The van der Waals surface area contributed by atoms with E-state index in [4.69, 9.17) is 0 Å². The predicted octanol–water partition coefficient (Wildman–Crippen LogP) is 2.77. The van der Waals surface area contributed by atoms with Gasteiger partial charge in [-0.1, -0.05) is 27.7 Å². The maximum atomic E-state index is 9.91. The van der Waals surface area contributed by atoms with Crippen molar-refractivity contribution in [2.75, 3.05) is 23.7 Å². The van der Waals surface area contributed by atoms with Crippen molar-refractivity contribution in [1.82, 2.24) is 9.97 Å². The minimum absolute atomic E-state index is 0.224. The van der Waals surface area contributed by atoms with E-state index >= 15 is 0 Å². The van der Waals surface area contributed by atoms with E-state index < -0.39 is 0 Å². The van der Waals surface area contributed by atoms with Crippen LogP contribution in [0, 0.1) is 12.8 Å². The summed E-state index contributed by atoms with van der Waals surface area (Å²) in [6.07, 6.45) is -0.380. The van der Waals surface area contributed by atoms with Crippen molar-refractivity contribution in [3.8, 4) is 0 Å². The molecule has 114 valence electrons. The summed E-state index contributed by atoms with van der Waals surface area (Å²) < 4.78 is 0. The largest absolute Gasteiger partial charge is 0.391 e. The number of aliphatic hydroxyl groups is 1. The number of anilines is 2. The molecule has 0 radical (unpaired) electrons. The number of nitrogens with zero attached hydrogens (tertiary/aromatic N) is 2. The second kappa shape index (κ2) is 7.43. The molecule has 20 heavy (non-hydrogen) atoms. The van der Waals surface area contributed by atoms with Gasteiger partial charge in [0.25, 0.3) is 0 Å². The van der Waals surface area contributed by atoms with Gasteiger partial charge in [0.15, 0.2) is 0 Å². The fraction of sp³-hybridized carbons (Fsp3) is 0.733. The Kier molecular flexibility index (Phi) is 6.20. The van der Waals surface area contributed by atoms with Gasteiger partial charge in [-0.3, -0.25) is 0 Å². The summed E-state index contributed by atoms with van der Waals surface area (Å²) in [7, 11) is 0. The number of nitrogens with one attached hydrogen (secondary N) is 2. The van der Waals surface area contributed by atoms with Crippen LogP contribution in [0.1, 0.15) is 51.9 Å². The summed E-state index contributed by atoms with van der Waals surface area (Å²) >= 11 is 0. The molecule has 1 unspecified atom stereocenters. The molecule has 0 amide bonds. The monoisotopic (exact) mass is 280 g/mol. The number of rotatable bonds is 7. The van der Waals surface area contributed by atoms with Gasteiger partial charge in [-0.15, -0.1) is 0 Å². The quantitative estimate of drug-likeness (QED) is 0.716. The van der Waals surface area contributed by atoms with Crippen LogP contribution in [-0.4, -0.2) is 34.3 Å². The van der Waals surface area contributed by atoms with Crippen molar-refractivity contribution in [2.45, 2.75) is 53.6 Å². The third-order valence-corrected chi connectivity index (χ3v) is 3.27. The molecule has 3 N–H and O–H groups in total. The summed E-state index contributed by atoms with van der Waals surface area (Å²) in [5.41, 5.74) is 0.993. The smallest absolute Gasteiger partial charge is 0.135 e. The average molecular weight is 280 g/mol. The van der Waals surface area contributed by atoms with Gasteiger partial charge in [-0.2, -0.15) is 0 Å². The summed E-state index contributed by atoms with van der Waals surface area (Å²) in [6, 6.07) is 0. The lowest BCUT2D eigenvalue weighted by Gasteiger charge is -2.19. The number of aliphatic hydroxyl groups excluding tert-OH is 1. The molecule has 5 heteroatoms.